The summed E-state index contributed by atoms with van der Waals surface area (Å²) in [6, 6.07) is 6.09. The number of nitrogens with two attached hydrogens (primary N) is 2. The van der Waals surface area contributed by atoms with Gasteiger partial charge in [0.25, 0.3) is 0 Å². The highest BCUT2D eigenvalue weighted by Gasteiger charge is 2.28. The second-order valence-corrected chi connectivity index (χ2v) is 5.29. The predicted molar refractivity (Wildman–Crippen MR) is 71.9 cm³/mol. The number of hydrogen-bond donors (Lipinski definition) is 3. The van der Waals surface area contributed by atoms with E-state index in [0.29, 0.717) is 19.6 Å². The van der Waals surface area contributed by atoms with Gasteiger partial charge in [-0.05, 0) is 17.2 Å². The largest absolute Gasteiger partial charge is 0.330 e. The summed E-state index contributed by atoms with van der Waals surface area (Å²) >= 11 is 0. The molecule has 0 spiro atoms. The van der Waals surface area contributed by atoms with Crippen molar-refractivity contribution in [2.24, 2.45) is 11.6 Å². The first-order valence-electron chi connectivity index (χ1n) is 6.07. The zero-order valence-corrected chi connectivity index (χ0v) is 10.9. The second-order valence-electron chi connectivity index (χ2n) is 5.29. The molecule has 0 radical (unpaired) electrons. The lowest BCUT2D eigenvalue weighted by atomic mass is 9.84. The minimum absolute atomic E-state index is 0.0718. The molecule has 0 atom stereocenters. The van der Waals surface area contributed by atoms with Crippen molar-refractivity contribution in [3.8, 4) is 0 Å². The van der Waals surface area contributed by atoms with Crippen molar-refractivity contribution in [1.29, 1.82) is 0 Å². The van der Waals surface area contributed by atoms with Gasteiger partial charge >= 0.3 is 0 Å². The SMILES string of the molecule is CC(C)(CN)c1ccc2c(c1)CC(=O)N2CNN. The Labute approximate surface area is 107 Å². The Morgan fingerprint density at radius 1 is 1.44 bits per heavy atom. The molecular weight excluding hydrogens is 228 g/mol. The van der Waals surface area contributed by atoms with Crippen molar-refractivity contribution in [2.45, 2.75) is 25.7 Å². The molecule has 0 saturated heterocycles. The highest BCUT2D eigenvalue weighted by atomic mass is 16.2. The van der Waals surface area contributed by atoms with Crippen LogP contribution in [0.15, 0.2) is 18.2 Å². The van der Waals surface area contributed by atoms with Crippen molar-refractivity contribution in [3.63, 3.8) is 0 Å². The Kier molecular flexibility index (Phi) is 3.38. The third-order valence-corrected chi connectivity index (χ3v) is 3.55. The van der Waals surface area contributed by atoms with E-state index in [0.717, 1.165) is 11.3 Å². The molecule has 1 aromatic carbocycles. The Hall–Kier alpha value is -1.43. The van der Waals surface area contributed by atoms with Gasteiger partial charge in [0.2, 0.25) is 5.91 Å². The molecule has 5 nitrogen and oxygen atoms in total. The predicted octanol–water partition coefficient (Wildman–Crippen LogP) is 0.233. The number of nitrogens with zero attached hydrogens (tertiary/aromatic N) is 1. The Bertz CT molecular complexity index is 470. The van der Waals surface area contributed by atoms with Crippen LogP contribution in [0, 0.1) is 0 Å². The van der Waals surface area contributed by atoms with Gasteiger partial charge in [-0.3, -0.25) is 15.5 Å². The van der Waals surface area contributed by atoms with Gasteiger partial charge in [0, 0.05) is 17.6 Å². The first kappa shape index (κ1) is 13.0. The molecule has 0 bridgehead atoms. The van der Waals surface area contributed by atoms with Crippen molar-refractivity contribution in [3.05, 3.63) is 29.3 Å². The molecular formula is C13H20N4O. The van der Waals surface area contributed by atoms with Gasteiger partial charge < -0.3 is 5.73 Å². The molecule has 0 saturated carbocycles. The van der Waals surface area contributed by atoms with Crippen LogP contribution in [0.5, 0.6) is 0 Å². The summed E-state index contributed by atoms with van der Waals surface area (Å²) in [5.74, 6) is 5.36. The van der Waals surface area contributed by atoms with Gasteiger partial charge in [-0.1, -0.05) is 26.0 Å². The summed E-state index contributed by atoms with van der Waals surface area (Å²) in [6.07, 6.45) is 0.436. The molecule has 2 rings (SSSR count). The number of hydrogen-bond acceptors (Lipinski definition) is 4. The number of rotatable bonds is 4. The summed E-state index contributed by atoms with van der Waals surface area (Å²) in [5.41, 5.74) is 11.4. The highest BCUT2D eigenvalue weighted by molar-refractivity contribution is 6.01. The van der Waals surface area contributed by atoms with E-state index in [9.17, 15) is 4.79 Å². The monoisotopic (exact) mass is 248 g/mol. The van der Waals surface area contributed by atoms with E-state index < -0.39 is 0 Å². The topological polar surface area (TPSA) is 84.4 Å². The molecule has 98 valence electrons. The quantitative estimate of drug-likeness (QED) is 0.526. The first-order valence-corrected chi connectivity index (χ1v) is 6.07. The number of carbonyl (C=O) groups is 1. The van der Waals surface area contributed by atoms with Crippen LogP contribution in [-0.4, -0.2) is 19.1 Å². The number of benzene rings is 1. The van der Waals surface area contributed by atoms with Crippen LogP contribution in [-0.2, 0) is 16.6 Å². The molecule has 1 amide bonds. The maximum Gasteiger partial charge on any atom is 0.232 e. The Morgan fingerprint density at radius 2 is 2.17 bits per heavy atom. The van der Waals surface area contributed by atoms with E-state index in [2.05, 4.69) is 25.3 Å². The minimum Gasteiger partial charge on any atom is -0.330 e. The number of anilines is 1. The van der Waals surface area contributed by atoms with Gasteiger partial charge in [-0.2, -0.15) is 0 Å². The average Bonchev–Trinajstić information content (AvgIpc) is 2.66. The van der Waals surface area contributed by atoms with Crippen molar-refractivity contribution >= 4 is 11.6 Å². The van der Waals surface area contributed by atoms with Crippen LogP contribution in [0.2, 0.25) is 0 Å². The third-order valence-electron chi connectivity index (χ3n) is 3.55. The first-order chi connectivity index (χ1) is 8.49. The summed E-state index contributed by atoms with van der Waals surface area (Å²) in [7, 11) is 0. The Balaban J connectivity index is 2.36. The van der Waals surface area contributed by atoms with E-state index in [1.807, 2.05) is 12.1 Å². The zero-order valence-electron chi connectivity index (χ0n) is 10.9. The van der Waals surface area contributed by atoms with Crippen LogP contribution < -0.4 is 21.9 Å². The van der Waals surface area contributed by atoms with Crippen LogP contribution >= 0.6 is 0 Å². The van der Waals surface area contributed by atoms with E-state index >= 15 is 0 Å². The van der Waals surface area contributed by atoms with Crippen molar-refractivity contribution in [2.75, 3.05) is 18.1 Å². The van der Waals surface area contributed by atoms with Gasteiger partial charge in [0.05, 0.1) is 13.1 Å². The zero-order chi connectivity index (χ0) is 13.3. The summed E-state index contributed by atoms with van der Waals surface area (Å²) < 4.78 is 0. The lowest BCUT2D eigenvalue weighted by Crippen LogP contribution is -2.39. The number of fused-ring (bicyclic) bond motifs is 1. The van der Waals surface area contributed by atoms with Crippen LogP contribution in [0.3, 0.4) is 0 Å². The Morgan fingerprint density at radius 3 is 2.78 bits per heavy atom. The van der Waals surface area contributed by atoms with Gasteiger partial charge in [-0.25, -0.2) is 5.43 Å². The van der Waals surface area contributed by atoms with Crippen LogP contribution in [0.25, 0.3) is 0 Å². The number of carbonyl (C=O) groups excluding carboxylic acids is 1. The van der Waals surface area contributed by atoms with Crippen LogP contribution in [0.1, 0.15) is 25.0 Å². The molecule has 1 aliphatic rings. The van der Waals surface area contributed by atoms with Crippen LogP contribution in [0.4, 0.5) is 5.69 Å². The third kappa shape index (κ3) is 2.12. The molecule has 5 heteroatoms. The standard InChI is InChI=1S/C13H20N4O/c1-13(2,7-14)10-3-4-11-9(5-10)6-12(18)17(11)8-16-15/h3-5,16H,6-8,14-15H2,1-2H3. The van der Waals surface area contributed by atoms with Crippen molar-refractivity contribution < 1.29 is 4.79 Å². The number of nitrogens with one attached hydrogen (secondary N) is 1. The van der Waals surface area contributed by atoms with Gasteiger partial charge in [0.1, 0.15) is 0 Å². The summed E-state index contributed by atoms with van der Waals surface area (Å²) in [4.78, 5) is 13.5. The lowest BCUT2D eigenvalue weighted by Gasteiger charge is -2.24. The van der Waals surface area contributed by atoms with Crippen molar-refractivity contribution in [1.82, 2.24) is 5.43 Å². The summed E-state index contributed by atoms with van der Waals surface area (Å²) in [6.45, 7) is 5.12. The molecule has 1 aliphatic heterocycles. The molecule has 1 aromatic rings. The smallest absolute Gasteiger partial charge is 0.232 e. The van der Waals surface area contributed by atoms with Gasteiger partial charge in [-0.15, -0.1) is 0 Å². The van der Waals surface area contributed by atoms with E-state index in [-0.39, 0.29) is 11.3 Å². The number of amides is 1. The average molecular weight is 248 g/mol. The molecule has 18 heavy (non-hydrogen) atoms. The molecule has 0 fully saturated rings. The fourth-order valence-corrected chi connectivity index (χ4v) is 2.19. The van der Waals surface area contributed by atoms with E-state index in [1.54, 1.807) is 4.90 Å². The van der Waals surface area contributed by atoms with E-state index in [4.69, 9.17) is 11.6 Å². The minimum atomic E-state index is -0.0718. The van der Waals surface area contributed by atoms with E-state index in [1.165, 1.54) is 5.56 Å². The molecule has 5 N–H and O–H groups in total. The maximum absolute atomic E-state index is 11.9. The highest BCUT2D eigenvalue weighted by Crippen LogP contribution is 2.32. The molecule has 0 unspecified atom stereocenters. The second kappa shape index (κ2) is 4.68. The molecule has 1 heterocycles. The fourth-order valence-electron chi connectivity index (χ4n) is 2.19. The summed E-state index contributed by atoms with van der Waals surface area (Å²) in [5, 5.41) is 0. The normalized spacial score (nSPS) is 15.1. The molecule has 0 aliphatic carbocycles. The maximum atomic E-state index is 11.9. The lowest BCUT2D eigenvalue weighted by molar-refractivity contribution is -0.117. The number of hydrazine groups is 1. The van der Waals surface area contributed by atoms with Gasteiger partial charge in [0.15, 0.2) is 0 Å². The fraction of sp³-hybridized carbons (Fsp3) is 0.462. The molecule has 0 aromatic heterocycles.